The first kappa shape index (κ1) is 21.6. The van der Waals surface area contributed by atoms with Gasteiger partial charge in [-0.05, 0) is 37.1 Å². The molecule has 0 bridgehead atoms. The van der Waals surface area contributed by atoms with Gasteiger partial charge >= 0.3 is 0 Å². The van der Waals surface area contributed by atoms with Crippen LogP contribution >= 0.6 is 0 Å². The molecule has 166 valence electrons. The summed E-state index contributed by atoms with van der Waals surface area (Å²) in [6, 6.07) is 15.3. The number of likely N-dealkylation sites (N-methyl/N-ethyl adjacent to an activating group) is 1. The summed E-state index contributed by atoms with van der Waals surface area (Å²) >= 11 is 0. The highest BCUT2D eigenvalue weighted by molar-refractivity contribution is 5.79. The van der Waals surface area contributed by atoms with Crippen molar-refractivity contribution in [2.24, 2.45) is 4.99 Å². The van der Waals surface area contributed by atoms with Crippen LogP contribution in [0.5, 0.6) is 0 Å². The highest BCUT2D eigenvalue weighted by atomic mass is 15.3. The van der Waals surface area contributed by atoms with Gasteiger partial charge in [-0.2, -0.15) is 0 Å². The van der Waals surface area contributed by atoms with Crippen molar-refractivity contribution >= 4 is 11.8 Å². The maximum atomic E-state index is 4.70. The number of aliphatic imine (C=N–C) groups is 1. The molecule has 1 aromatic carbocycles. The number of hydrogen-bond donors (Lipinski definition) is 2. The van der Waals surface area contributed by atoms with E-state index in [1.54, 1.807) is 0 Å². The van der Waals surface area contributed by atoms with E-state index in [1.807, 2.05) is 13.2 Å². The highest BCUT2D eigenvalue weighted by Crippen LogP contribution is 2.40. The predicted octanol–water partition coefficient (Wildman–Crippen LogP) is 3.01. The Morgan fingerprint density at radius 3 is 2.39 bits per heavy atom. The average molecular weight is 421 g/mol. The first-order chi connectivity index (χ1) is 15.2. The summed E-state index contributed by atoms with van der Waals surface area (Å²) in [5.74, 6) is 1.93. The van der Waals surface area contributed by atoms with Crippen molar-refractivity contribution in [3.05, 3.63) is 59.8 Å². The van der Waals surface area contributed by atoms with Crippen LogP contribution in [-0.4, -0.2) is 62.7 Å². The van der Waals surface area contributed by atoms with Crippen LogP contribution in [0.25, 0.3) is 0 Å². The molecule has 0 radical (unpaired) electrons. The van der Waals surface area contributed by atoms with E-state index in [2.05, 4.69) is 74.9 Å². The van der Waals surface area contributed by atoms with Crippen LogP contribution in [0, 0.1) is 0 Å². The highest BCUT2D eigenvalue weighted by Gasteiger charge is 2.35. The van der Waals surface area contributed by atoms with Gasteiger partial charge in [-0.15, -0.1) is 0 Å². The van der Waals surface area contributed by atoms with Crippen molar-refractivity contribution < 1.29 is 0 Å². The van der Waals surface area contributed by atoms with Gasteiger partial charge < -0.3 is 20.4 Å². The molecule has 1 aliphatic heterocycles. The van der Waals surface area contributed by atoms with E-state index in [-0.39, 0.29) is 5.41 Å². The minimum absolute atomic E-state index is 0.213. The third-order valence-electron chi connectivity index (χ3n) is 6.86. The minimum atomic E-state index is 0.213. The van der Waals surface area contributed by atoms with Crippen LogP contribution in [-0.2, 0) is 12.0 Å². The Labute approximate surface area is 186 Å². The quantitative estimate of drug-likeness (QED) is 0.556. The molecule has 0 unspecified atom stereocenters. The Kier molecular flexibility index (Phi) is 7.07. The van der Waals surface area contributed by atoms with Crippen LogP contribution in [0.1, 0.15) is 36.8 Å². The maximum absolute atomic E-state index is 4.70. The van der Waals surface area contributed by atoms with Crippen molar-refractivity contribution in [2.75, 3.05) is 51.7 Å². The first-order valence-corrected chi connectivity index (χ1v) is 11.6. The fraction of sp³-hybridized carbons (Fsp3) is 0.520. The molecule has 2 N–H and O–H groups in total. The second kappa shape index (κ2) is 10.1. The second-order valence-corrected chi connectivity index (χ2v) is 8.95. The molecule has 1 saturated carbocycles. The number of anilines is 1. The molecule has 1 saturated heterocycles. The Hall–Kier alpha value is -2.60. The summed E-state index contributed by atoms with van der Waals surface area (Å²) in [6.45, 7) is 5.90. The molecule has 2 aliphatic rings. The van der Waals surface area contributed by atoms with Crippen molar-refractivity contribution in [2.45, 2.75) is 37.6 Å². The van der Waals surface area contributed by atoms with Crippen LogP contribution in [0.15, 0.2) is 53.7 Å². The van der Waals surface area contributed by atoms with E-state index in [0.29, 0.717) is 6.54 Å². The Morgan fingerprint density at radius 1 is 1.00 bits per heavy atom. The Morgan fingerprint density at radius 2 is 1.74 bits per heavy atom. The second-order valence-electron chi connectivity index (χ2n) is 8.95. The standard InChI is InChI=1S/C25H36N6/c1-26-24(29-20-25(12-6-7-13-25)22-8-4-3-5-9-22)28-19-21-10-11-23(27-18-21)31-16-14-30(2)15-17-31/h3-5,8-11,18H,6-7,12-17,19-20H2,1-2H3,(H2,26,28,29). The summed E-state index contributed by atoms with van der Waals surface area (Å²) in [6.07, 6.45) is 7.05. The zero-order valence-electron chi connectivity index (χ0n) is 19.0. The lowest BCUT2D eigenvalue weighted by atomic mass is 9.79. The van der Waals surface area contributed by atoms with Gasteiger partial charge in [0.15, 0.2) is 5.96 Å². The lowest BCUT2D eigenvalue weighted by Gasteiger charge is -2.33. The lowest BCUT2D eigenvalue weighted by Crippen LogP contribution is -2.45. The zero-order chi connectivity index (χ0) is 21.5. The molecule has 0 amide bonds. The third kappa shape index (κ3) is 5.37. The number of pyridine rings is 1. The summed E-state index contributed by atoms with van der Waals surface area (Å²) < 4.78 is 0. The maximum Gasteiger partial charge on any atom is 0.191 e. The van der Waals surface area contributed by atoms with Crippen LogP contribution in [0.2, 0.25) is 0 Å². The molecule has 1 aliphatic carbocycles. The minimum Gasteiger partial charge on any atom is -0.356 e. The van der Waals surface area contributed by atoms with E-state index in [0.717, 1.165) is 44.5 Å². The van der Waals surface area contributed by atoms with Crippen molar-refractivity contribution in [1.29, 1.82) is 0 Å². The van der Waals surface area contributed by atoms with Gasteiger partial charge in [0.2, 0.25) is 0 Å². The molecule has 2 fully saturated rings. The number of rotatable bonds is 6. The molecule has 1 aromatic heterocycles. The summed E-state index contributed by atoms with van der Waals surface area (Å²) in [4.78, 5) is 13.9. The fourth-order valence-electron chi connectivity index (χ4n) is 4.81. The van der Waals surface area contributed by atoms with E-state index < -0.39 is 0 Å². The van der Waals surface area contributed by atoms with Crippen LogP contribution < -0.4 is 15.5 Å². The first-order valence-electron chi connectivity index (χ1n) is 11.6. The van der Waals surface area contributed by atoms with Gasteiger partial charge in [-0.25, -0.2) is 4.98 Å². The number of aromatic nitrogens is 1. The van der Waals surface area contributed by atoms with Gasteiger partial charge in [0, 0.05) is 57.9 Å². The van der Waals surface area contributed by atoms with Gasteiger partial charge in [0.25, 0.3) is 0 Å². The smallest absolute Gasteiger partial charge is 0.191 e. The molecular weight excluding hydrogens is 384 g/mol. The van der Waals surface area contributed by atoms with E-state index in [9.17, 15) is 0 Å². The van der Waals surface area contributed by atoms with Crippen molar-refractivity contribution in [1.82, 2.24) is 20.5 Å². The SMILES string of the molecule is CN=C(NCc1ccc(N2CCN(C)CC2)nc1)NCC1(c2ccccc2)CCCC1. The van der Waals surface area contributed by atoms with Gasteiger partial charge in [0.05, 0.1) is 0 Å². The average Bonchev–Trinajstić information content (AvgIpc) is 3.31. The number of nitrogens with zero attached hydrogens (tertiary/aromatic N) is 4. The molecule has 6 heteroatoms. The number of piperazine rings is 1. The Bertz CT molecular complexity index is 834. The number of guanidine groups is 1. The number of benzene rings is 1. The predicted molar refractivity (Wildman–Crippen MR) is 129 cm³/mol. The van der Waals surface area contributed by atoms with Gasteiger partial charge in [-0.3, -0.25) is 4.99 Å². The summed E-state index contributed by atoms with van der Waals surface area (Å²) in [7, 11) is 4.02. The Balaban J connectivity index is 1.30. The molecule has 2 aromatic rings. The van der Waals surface area contributed by atoms with Crippen LogP contribution in [0.4, 0.5) is 5.82 Å². The number of nitrogens with one attached hydrogen (secondary N) is 2. The van der Waals surface area contributed by atoms with Crippen molar-refractivity contribution in [3.63, 3.8) is 0 Å². The third-order valence-corrected chi connectivity index (χ3v) is 6.86. The fourth-order valence-corrected chi connectivity index (χ4v) is 4.81. The van der Waals surface area contributed by atoms with Crippen LogP contribution in [0.3, 0.4) is 0 Å². The van der Waals surface area contributed by atoms with Gasteiger partial charge in [-0.1, -0.05) is 49.2 Å². The largest absolute Gasteiger partial charge is 0.356 e. The monoisotopic (exact) mass is 420 g/mol. The van der Waals surface area contributed by atoms with E-state index >= 15 is 0 Å². The van der Waals surface area contributed by atoms with Gasteiger partial charge in [0.1, 0.15) is 5.82 Å². The van der Waals surface area contributed by atoms with Crippen molar-refractivity contribution in [3.8, 4) is 0 Å². The summed E-state index contributed by atoms with van der Waals surface area (Å²) in [5, 5.41) is 7.06. The molecule has 2 heterocycles. The summed E-state index contributed by atoms with van der Waals surface area (Å²) in [5.41, 5.74) is 2.82. The lowest BCUT2D eigenvalue weighted by molar-refractivity contribution is 0.312. The van der Waals surface area contributed by atoms with E-state index in [4.69, 9.17) is 4.98 Å². The molecule has 6 nitrogen and oxygen atoms in total. The molecule has 31 heavy (non-hydrogen) atoms. The molecule has 0 spiro atoms. The molecule has 0 atom stereocenters. The molecular formula is C25H36N6. The van der Waals surface area contributed by atoms with E-state index in [1.165, 1.54) is 36.8 Å². The topological polar surface area (TPSA) is 55.8 Å². The zero-order valence-corrected chi connectivity index (χ0v) is 19.0. The molecule has 4 rings (SSSR count). The number of hydrogen-bond acceptors (Lipinski definition) is 4. The normalized spacial score (nSPS) is 19.4.